The van der Waals surface area contributed by atoms with Crippen molar-refractivity contribution in [3.63, 3.8) is 0 Å². The van der Waals surface area contributed by atoms with Crippen molar-refractivity contribution in [2.45, 2.75) is 0 Å². The number of para-hydroxylation sites is 2. The minimum Gasteiger partial charge on any atom is -0.353 e. The van der Waals surface area contributed by atoms with E-state index in [0.717, 1.165) is 32.3 Å². The van der Waals surface area contributed by atoms with E-state index in [-0.39, 0.29) is 5.43 Å². The molecule has 0 spiro atoms. The Morgan fingerprint density at radius 2 is 1.67 bits per heavy atom. The lowest BCUT2D eigenvalue weighted by atomic mass is 10.1. The van der Waals surface area contributed by atoms with Gasteiger partial charge in [-0.25, -0.2) is 4.98 Å². The van der Waals surface area contributed by atoms with E-state index >= 15 is 0 Å². The first-order valence-electron chi connectivity index (χ1n) is 7.70. The molecule has 0 fully saturated rings. The predicted octanol–water partition coefficient (Wildman–Crippen LogP) is 4.96. The Balaban J connectivity index is 2.15. The van der Waals surface area contributed by atoms with Crippen molar-refractivity contribution >= 4 is 44.2 Å². The molecule has 3 aromatic heterocycles. The highest BCUT2D eigenvalue weighted by Gasteiger charge is 2.16. The van der Waals surface area contributed by atoms with Crippen LogP contribution in [0.5, 0.6) is 0 Å². The third-order valence-electron chi connectivity index (χ3n) is 4.30. The number of nitrogens with zero attached hydrogens (tertiary/aromatic N) is 1. The fraction of sp³-hybridized carbons (Fsp3) is 0. The summed E-state index contributed by atoms with van der Waals surface area (Å²) in [6, 6.07) is 19.5. The summed E-state index contributed by atoms with van der Waals surface area (Å²) in [4.78, 5) is 22.5. The van der Waals surface area contributed by atoms with Crippen LogP contribution in [0.4, 0.5) is 0 Å². The second-order valence-corrected chi connectivity index (χ2v) is 6.65. The van der Waals surface area contributed by atoms with Gasteiger partial charge in [-0.3, -0.25) is 4.79 Å². The Hall–Kier alpha value is -2.98. The van der Waals surface area contributed by atoms with Gasteiger partial charge in [-0.2, -0.15) is 0 Å². The second-order valence-electron chi connectivity index (χ2n) is 5.70. The molecule has 114 valence electrons. The van der Waals surface area contributed by atoms with Gasteiger partial charge >= 0.3 is 0 Å². The highest BCUT2D eigenvalue weighted by molar-refractivity contribution is 7.13. The van der Waals surface area contributed by atoms with Crippen molar-refractivity contribution in [3.8, 4) is 10.4 Å². The number of aromatic amines is 1. The Morgan fingerprint density at radius 3 is 2.50 bits per heavy atom. The van der Waals surface area contributed by atoms with E-state index in [9.17, 15) is 4.79 Å². The molecule has 2 aromatic carbocycles. The van der Waals surface area contributed by atoms with Gasteiger partial charge in [0.25, 0.3) is 0 Å². The van der Waals surface area contributed by atoms with Crippen LogP contribution in [0.2, 0.25) is 0 Å². The van der Waals surface area contributed by atoms with Crippen LogP contribution in [0.15, 0.2) is 70.8 Å². The number of fused-ring (bicyclic) bond motifs is 4. The Morgan fingerprint density at radius 1 is 0.875 bits per heavy atom. The molecule has 0 unspecified atom stereocenters. The second kappa shape index (κ2) is 5.01. The molecule has 0 aliphatic heterocycles. The summed E-state index contributed by atoms with van der Waals surface area (Å²) in [7, 11) is 0. The fourth-order valence-electron chi connectivity index (χ4n) is 3.21. The van der Waals surface area contributed by atoms with E-state index in [1.807, 2.05) is 66.0 Å². The van der Waals surface area contributed by atoms with Gasteiger partial charge in [0.2, 0.25) is 0 Å². The normalized spacial score (nSPS) is 11.5. The van der Waals surface area contributed by atoms with Crippen molar-refractivity contribution in [3.05, 3.63) is 76.3 Å². The quantitative estimate of drug-likeness (QED) is 0.473. The lowest BCUT2D eigenvalue weighted by Gasteiger charge is -1.95. The summed E-state index contributed by atoms with van der Waals surface area (Å²) < 4.78 is 0. The molecule has 3 heterocycles. The van der Waals surface area contributed by atoms with Crippen molar-refractivity contribution < 1.29 is 0 Å². The van der Waals surface area contributed by atoms with E-state index in [4.69, 9.17) is 4.98 Å². The summed E-state index contributed by atoms with van der Waals surface area (Å²) in [5, 5.41) is 3.67. The minimum absolute atomic E-state index is 0.0158. The highest BCUT2D eigenvalue weighted by atomic mass is 32.1. The standard InChI is InChI=1S/C20H12N2OS/c23-20-13-7-2-4-9-15(13)21-18-12-6-1-3-8-14(12)22-19(18)17(20)16-10-5-11-24-16/h1-11,22H. The SMILES string of the molecule is O=c1c(-c2cccs2)c2[nH]c3ccccc3c2nc2ccccc12. The van der Waals surface area contributed by atoms with E-state index in [0.29, 0.717) is 10.9 Å². The van der Waals surface area contributed by atoms with E-state index in [2.05, 4.69) is 4.98 Å². The monoisotopic (exact) mass is 328 g/mol. The molecule has 0 atom stereocenters. The topological polar surface area (TPSA) is 45.8 Å². The van der Waals surface area contributed by atoms with Crippen molar-refractivity contribution in [1.29, 1.82) is 0 Å². The average Bonchev–Trinajstić information content (AvgIpc) is 3.23. The molecule has 0 radical (unpaired) electrons. The van der Waals surface area contributed by atoms with Crippen LogP contribution in [-0.4, -0.2) is 9.97 Å². The molecule has 3 nitrogen and oxygen atoms in total. The maximum atomic E-state index is 13.3. The first-order valence-corrected chi connectivity index (χ1v) is 8.58. The first kappa shape index (κ1) is 13.5. The summed E-state index contributed by atoms with van der Waals surface area (Å²) >= 11 is 1.57. The number of hydrogen-bond acceptors (Lipinski definition) is 3. The van der Waals surface area contributed by atoms with Crippen molar-refractivity contribution in [2.24, 2.45) is 0 Å². The smallest absolute Gasteiger partial charge is 0.198 e. The summed E-state index contributed by atoms with van der Waals surface area (Å²) in [5.74, 6) is 0. The Labute approximate surface area is 141 Å². The number of H-pyrrole nitrogens is 1. The maximum Gasteiger partial charge on any atom is 0.198 e. The van der Waals surface area contributed by atoms with Crippen LogP contribution < -0.4 is 5.43 Å². The number of rotatable bonds is 1. The van der Waals surface area contributed by atoms with Crippen LogP contribution in [0.3, 0.4) is 0 Å². The van der Waals surface area contributed by atoms with E-state index in [1.165, 1.54) is 0 Å². The molecule has 24 heavy (non-hydrogen) atoms. The van der Waals surface area contributed by atoms with Gasteiger partial charge in [-0.15, -0.1) is 11.3 Å². The molecule has 0 aliphatic carbocycles. The van der Waals surface area contributed by atoms with Gasteiger partial charge in [0.05, 0.1) is 22.1 Å². The molecule has 4 heteroatoms. The molecule has 5 aromatic rings. The summed E-state index contributed by atoms with van der Waals surface area (Å²) in [6.45, 7) is 0. The van der Waals surface area contributed by atoms with Gasteiger partial charge in [-0.05, 0) is 29.6 Å². The molecule has 0 aliphatic rings. The largest absolute Gasteiger partial charge is 0.353 e. The number of thiophene rings is 1. The molecule has 5 rings (SSSR count). The van der Waals surface area contributed by atoms with Crippen LogP contribution in [0.1, 0.15) is 0 Å². The van der Waals surface area contributed by atoms with Gasteiger partial charge in [-0.1, -0.05) is 36.4 Å². The van der Waals surface area contributed by atoms with Gasteiger partial charge in [0.15, 0.2) is 5.43 Å². The molecular weight excluding hydrogens is 316 g/mol. The fourth-order valence-corrected chi connectivity index (χ4v) is 3.99. The van der Waals surface area contributed by atoms with Crippen LogP contribution in [0, 0.1) is 0 Å². The number of aromatic nitrogens is 2. The van der Waals surface area contributed by atoms with E-state index < -0.39 is 0 Å². The zero-order valence-corrected chi connectivity index (χ0v) is 13.4. The van der Waals surface area contributed by atoms with Crippen LogP contribution in [-0.2, 0) is 0 Å². The van der Waals surface area contributed by atoms with Crippen LogP contribution >= 0.6 is 11.3 Å². The Kier molecular flexibility index (Phi) is 2.81. The predicted molar refractivity (Wildman–Crippen MR) is 101 cm³/mol. The zero-order chi connectivity index (χ0) is 16.1. The maximum absolute atomic E-state index is 13.3. The van der Waals surface area contributed by atoms with Gasteiger partial charge < -0.3 is 4.98 Å². The number of benzene rings is 2. The first-order chi connectivity index (χ1) is 11.8. The molecule has 0 saturated carbocycles. The zero-order valence-electron chi connectivity index (χ0n) is 12.6. The average molecular weight is 328 g/mol. The summed E-state index contributed by atoms with van der Waals surface area (Å²) in [6.07, 6.45) is 0. The molecular formula is C20H12N2OS. The number of hydrogen-bond donors (Lipinski definition) is 1. The number of nitrogens with one attached hydrogen (secondary N) is 1. The lowest BCUT2D eigenvalue weighted by molar-refractivity contribution is 1.52. The molecule has 0 bridgehead atoms. The minimum atomic E-state index is 0.0158. The van der Waals surface area contributed by atoms with E-state index in [1.54, 1.807) is 11.3 Å². The van der Waals surface area contributed by atoms with Gasteiger partial charge in [0, 0.05) is 21.2 Å². The van der Waals surface area contributed by atoms with Crippen molar-refractivity contribution in [2.75, 3.05) is 0 Å². The lowest BCUT2D eigenvalue weighted by Crippen LogP contribution is -2.01. The third kappa shape index (κ3) is 1.83. The third-order valence-corrected chi connectivity index (χ3v) is 5.19. The van der Waals surface area contributed by atoms with Crippen LogP contribution in [0.25, 0.3) is 43.3 Å². The highest BCUT2D eigenvalue weighted by Crippen LogP contribution is 2.32. The van der Waals surface area contributed by atoms with Gasteiger partial charge in [0.1, 0.15) is 0 Å². The molecule has 0 saturated heterocycles. The Bertz CT molecular complexity index is 1270. The summed E-state index contributed by atoms with van der Waals surface area (Å²) in [5.41, 5.74) is 4.08. The molecule has 1 N–H and O–H groups in total. The van der Waals surface area contributed by atoms with Crippen molar-refractivity contribution in [1.82, 2.24) is 9.97 Å². The molecule has 0 amide bonds.